The number of hydrogen-bond acceptors (Lipinski definition) is 1. The fourth-order valence-corrected chi connectivity index (χ4v) is 1.52. The summed E-state index contributed by atoms with van der Waals surface area (Å²) >= 11 is 0. The van der Waals surface area contributed by atoms with E-state index in [4.69, 9.17) is 5.26 Å². The zero-order valence-corrected chi connectivity index (χ0v) is 8.77. The predicted molar refractivity (Wildman–Crippen MR) is 37.9 cm³/mol. The fraction of sp³-hybridized carbons (Fsp3) is 0.875. The van der Waals surface area contributed by atoms with Crippen molar-refractivity contribution in [2.45, 2.75) is 38.5 Å². The molecule has 0 saturated heterocycles. The van der Waals surface area contributed by atoms with Gasteiger partial charge in [0, 0.05) is 6.42 Å². The van der Waals surface area contributed by atoms with Gasteiger partial charge in [0.2, 0.25) is 0 Å². The zero-order valence-electron chi connectivity index (χ0n) is 7.77. The van der Waals surface area contributed by atoms with Crippen LogP contribution in [-0.2, 0) is 0 Å². The first-order chi connectivity index (χ1) is 4.43. The Kier molecular flexibility index (Phi) is 6.52. The first-order valence-electron chi connectivity index (χ1n) is 3.80. The van der Waals surface area contributed by atoms with Crippen LogP contribution >= 0.6 is 0 Å². The van der Waals surface area contributed by atoms with Gasteiger partial charge in [0.15, 0.2) is 0 Å². The SMILES string of the molecule is N#CCC1CCCCC1.[H-].[Na+]. The largest absolute Gasteiger partial charge is 1.00 e. The third-order valence-electron chi connectivity index (χ3n) is 2.10. The second kappa shape index (κ2) is 6.22. The molecule has 0 aliphatic heterocycles. The summed E-state index contributed by atoms with van der Waals surface area (Å²) in [5.74, 6) is 0.740. The summed E-state index contributed by atoms with van der Waals surface area (Å²) in [6, 6.07) is 2.24. The molecule has 52 valence electrons. The predicted octanol–water partition coefficient (Wildman–Crippen LogP) is -0.403. The first-order valence-corrected chi connectivity index (χ1v) is 3.80. The van der Waals surface area contributed by atoms with E-state index < -0.39 is 0 Å². The molecular formula is C8H14NNa. The van der Waals surface area contributed by atoms with Crippen molar-refractivity contribution >= 4 is 0 Å². The van der Waals surface area contributed by atoms with E-state index in [-0.39, 0.29) is 31.0 Å². The number of hydrogen-bond donors (Lipinski definition) is 0. The molecule has 0 aromatic heterocycles. The molecule has 0 unspecified atom stereocenters. The normalized spacial score (nSPS) is 19.1. The molecule has 10 heavy (non-hydrogen) atoms. The molecule has 0 bridgehead atoms. The Bertz CT molecular complexity index is 116. The molecule has 0 atom stereocenters. The first kappa shape index (κ1) is 10.5. The fourth-order valence-electron chi connectivity index (χ4n) is 1.52. The van der Waals surface area contributed by atoms with Crippen LogP contribution in [0.25, 0.3) is 0 Å². The maximum absolute atomic E-state index is 8.37. The molecule has 0 aromatic carbocycles. The maximum atomic E-state index is 8.37. The summed E-state index contributed by atoms with van der Waals surface area (Å²) < 4.78 is 0. The Balaban J connectivity index is 0. The monoisotopic (exact) mass is 147 g/mol. The summed E-state index contributed by atoms with van der Waals surface area (Å²) in [4.78, 5) is 0. The maximum Gasteiger partial charge on any atom is 1.00 e. The summed E-state index contributed by atoms with van der Waals surface area (Å²) in [5.41, 5.74) is 0. The number of nitrogens with zero attached hydrogens (tertiary/aromatic N) is 1. The van der Waals surface area contributed by atoms with Gasteiger partial charge < -0.3 is 1.43 Å². The second-order valence-electron chi connectivity index (χ2n) is 2.87. The van der Waals surface area contributed by atoms with Crippen molar-refractivity contribution in [3.63, 3.8) is 0 Å². The molecule has 0 N–H and O–H groups in total. The van der Waals surface area contributed by atoms with Gasteiger partial charge in [0.25, 0.3) is 0 Å². The minimum absolute atomic E-state index is 0. The van der Waals surface area contributed by atoms with Gasteiger partial charge in [-0.3, -0.25) is 0 Å². The van der Waals surface area contributed by atoms with Crippen molar-refractivity contribution in [3.05, 3.63) is 0 Å². The molecule has 0 amide bonds. The van der Waals surface area contributed by atoms with E-state index in [0.717, 1.165) is 12.3 Å². The van der Waals surface area contributed by atoms with Crippen LogP contribution in [0.5, 0.6) is 0 Å². The smallest absolute Gasteiger partial charge is 1.00 e. The molecule has 0 spiro atoms. The average molecular weight is 147 g/mol. The molecule has 0 heterocycles. The van der Waals surface area contributed by atoms with Crippen molar-refractivity contribution in [2.24, 2.45) is 5.92 Å². The van der Waals surface area contributed by atoms with Crippen LogP contribution in [0.1, 0.15) is 40.0 Å². The van der Waals surface area contributed by atoms with E-state index in [1.165, 1.54) is 32.1 Å². The Morgan fingerprint density at radius 2 is 1.90 bits per heavy atom. The third kappa shape index (κ3) is 3.61. The van der Waals surface area contributed by atoms with Gasteiger partial charge in [0.05, 0.1) is 6.07 Å². The Labute approximate surface area is 86.6 Å². The van der Waals surface area contributed by atoms with Crippen LogP contribution in [0.3, 0.4) is 0 Å². The standard InChI is InChI=1S/C8H13N.Na.H/c9-7-6-8-4-2-1-3-5-8;;/h8H,1-6H2;;/q;+1;-1. The van der Waals surface area contributed by atoms with Crippen molar-refractivity contribution in [1.82, 2.24) is 0 Å². The van der Waals surface area contributed by atoms with Gasteiger partial charge in [-0.1, -0.05) is 19.3 Å². The number of nitriles is 1. The van der Waals surface area contributed by atoms with Crippen LogP contribution in [-0.4, -0.2) is 0 Å². The molecule has 2 heteroatoms. The molecule has 1 saturated carbocycles. The molecule has 1 fully saturated rings. The summed E-state index contributed by atoms with van der Waals surface area (Å²) in [6.07, 6.45) is 7.49. The van der Waals surface area contributed by atoms with Crippen molar-refractivity contribution in [3.8, 4) is 6.07 Å². The van der Waals surface area contributed by atoms with E-state index in [0.29, 0.717) is 0 Å². The van der Waals surface area contributed by atoms with E-state index in [1.807, 2.05) is 0 Å². The molecular weight excluding hydrogens is 133 g/mol. The topological polar surface area (TPSA) is 23.8 Å². The van der Waals surface area contributed by atoms with E-state index in [2.05, 4.69) is 6.07 Å². The molecule has 1 nitrogen and oxygen atoms in total. The number of rotatable bonds is 1. The van der Waals surface area contributed by atoms with Crippen molar-refractivity contribution < 1.29 is 31.0 Å². The van der Waals surface area contributed by atoms with Crippen molar-refractivity contribution in [1.29, 1.82) is 5.26 Å². The van der Waals surface area contributed by atoms with Gasteiger partial charge in [-0.15, -0.1) is 0 Å². The Hall–Kier alpha value is 0.490. The third-order valence-corrected chi connectivity index (χ3v) is 2.10. The molecule has 0 radical (unpaired) electrons. The van der Waals surface area contributed by atoms with E-state index >= 15 is 0 Å². The molecule has 0 aromatic rings. The summed E-state index contributed by atoms with van der Waals surface area (Å²) in [6.45, 7) is 0. The van der Waals surface area contributed by atoms with Crippen LogP contribution in [0.15, 0.2) is 0 Å². The van der Waals surface area contributed by atoms with E-state index in [1.54, 1.807) is 0 Å². The Morgan fingerprint density at radius 3 is 2.40 bits per heavy atom. The molecule has 1 aliphatic rings. The quantitative estimate of drug-likeness (QED) is 0.463. The van der Waals surface area contributed by atoms with Gasteiger partial charge >= 0.3 is 29.6 Å². The molecule has 1 rings (SSSR count). The minimum Gasteiger partial charge on any atom is -1.00 e. The van der Waals surface area contributed by atoms with Crippen molar-refractivity contribution in [2.75, 3.05) is 0 Å². The average Bonchev–Trinajstić information content (AvgIpc) is 1.91. The Morgan fingerprint density at radius 1 is 1.30 bits per heavy atom. The summed E-state index contributed by atoms with van der Waals surface area (Å²) in [5, 5.41) is 8.37. The van der Waals surface area contributed by atoms with Crippen LogP contribution in [0.2, 0.25) is 0 Å². The summed E-state index contributed by atoms with van der Waals surface area (Å²) in [7, 11) is 0. The minimum atomic E-state index is 0. The van der Waals surface area contributed by atoms with Gasteiger partial charge in [-0.05, 0) is 18.8 Å². The second-order valence-corrected chi connectivity index (χ2v) is 2.87. The molecule has 1 aliphatic carbocycles. The van der Waals surface area contributed by atoms with Gasteiger partial charge in [-0.25, -0.2) is 0 Å². The van der Waals surface area contributed by atoms with Gasteiger partial charge in [-0.2, -0.15) is 5.26 Å². The van der Waals surface area contributed by atoms with E-state index in [9.17, 15) is 0 Å². The van der Waals surface area contributed by atoms with Crippen LogP contribution < -0.4 is 29.6 Å². The van der Waals surface area contributed by atoms with Gasteiger partial charge in [0.1, 0.15) is 0 Å². The van der Waals surface area contributed by atoms with Crippen LogP contribution in [0, 0.1) is 17.2 Å². The van der Waals surface area contributed by atoms with Crippen LogP contribution in [0.4, 0.5) is 0 Å². The zero-order chi connectivity index (χ0) is 6.53.